The summed E-state index contributed by atoms with van der Waals surface area (Å²) in [4.78, 5) is 2.60. The van der Waals surface area contributed by atoms with E-state index in [4.69, 9.17) is 4.74 Å². The van der Waals surface area contributed by atoms with Crippen molar-refractivity contribution in [2.75, 3.05) is 13.2 Å². The highest BCUT2D eigenvalue weighted by molar-refractivity contribution is 5.06. The van der Waals surface area contributed by atoms with Gasteiger partial charge in [-0.2, -0.15) is 5.10 Å². The summed E-state index contributed by atoms with van der Waals surface area (Å²) in [5.74, 6) is 0.633. The van der Waals surface area contributed by atoms with E-state index in [9.17, 15) is 0 Å². The third-order valence-corrected chi connectivity index (χ3v) is 5.09. The second kappa shape index (κ2) is 5.89. The lowest BCUT2D eigenvalue weighted by molar-refractivity contribution is -0.0785. The Kier molecular flexibility index (Phi) is 3.76. The van der Waals surface area contributed by atoms with Gasteiger partial charge in [0.2, 0.25) is 0 Å². The Labute approximate surface area is 131 Å². The summed E-state index contributed by atoms with van der Waals surface area (Å²) < 4.78 is 10.3. The lowest BCUT2D eigenvalue weighted by atomic mass is 10.0. The Morgan fingerprint density at radius 2 is 2.14 bits per heavy atom. The molecule has 5 nitrogen and oxygen atoms in total. The molecule has 0 radical (unpaired) electrons. The molecule has 0 aromatic carbocycles. The molecular weight excluding hydrogens is 276 g/mol. The molecule has 1 saturated heterocycles. The van der Waals surface area contributed by atoms with Crippen LogP contribution in [0.25, 0.3) is 0 Å². The summed E-state index contributed by atoms with van der Waals surface area (Å²) in [7, 11) is 1.98. The van der Waals surface area contributed by atoms with Crippen molar-refractivity contribution in [2.45, 2.75) is 38.1 Å². The van der Waals surface area contributed by atoms with Gasteiger partial charge in [-0.15, -0.1) is 0 Å². The highest BCUT2D eigenvalue weighted by Crippen LogP contribution is 2.36. The molecule has 4 rings (SSSR count). The predicted molar refractivity (Wildman–Crippen MR) is 84.3 cm³/mol. The van der Waals surface area contributed by atoms with Crippen LogP contribution in [0, 0.1) is 5.92 Å². The van der Waals surface area contributed by atoms with E-state index < -0.39 is 0 Å². The zero-order valence-electron chi connectivity index (χ0n) is 13.1. The maximum absolute atomic E-state index is 6.16. The molecule has 1 aliphatic carbocycles. The molecule has 0 N–H and O–H groups in total. The fraction of sp³-hybridized carbons (Fsp3) is 0.588. The van der Waals surface area contributed by atoms with Crippen LogP contribution in [-0.4, -0.2) is 44.5 Å². The van der Waals surface area contributed by atoms with E-state index in [2.05, 4.69) is 45.3 Å². The third kappa shape index (κ3) is 2.71. The van der Waals surface area contributed by atoms with Gasteiger partial charge in [-0.05, 0) is 25.0 Å². The van der Waals surface area contributed by atoms with E-state index in [0.717, 1.165) is 26.2 Å². The van der Waals surface area contributed by atoms with Crippen LogP contribution in [-0.2, 0) is 24.9 Å². The van der Waals surface area contributed by atoms with Crippen molar-refractivity contribution in [3.63, 3.8) is 0 Å². The van der Waals surface area contributed by atoms with Crippen molar-refractivity contribution >= 4 is 0 Å². The molecule has 2 fully saturated rings. The van der Waals surface area contributed by atoms with Crippen LogP contribution < -0.4 is 0 Å². The van der Waals surface area contributed by atoms with E-state index in [1.807, 2.05) is 17.9 Å². The first kappa shape index (κ1) is 14.0. The van der Waals surface area contributed by atoms with Crippen molar-refractivity contribution in [3.05, 3.63) is 42.5 Å². The van der Waals surface area contributed by atoms with E-state index in [1.54, 1.807) is 0 Å². The zero-order chi connectivity index (χ0) is 14.9. The van der Waals surface area contributed by atoms with Crippen molar-refractivity contribution in [2.24, 2.45) is 13.0 Å². The molecular formula is C17H24N4O. The van der Waals surface area contributed by atoms with Gasteiger partial charge < -0.3 is 9.30 Å². The van der Waals surface area contributed by atoms with Gasteiger partial charge in [0.15, 0.2) is 0 Å². The Hall–Kier alpha value is -1.59. The maximum Gasteiger partial charge on any atom is 0.0776 e. The minimum absolute atomic E-state index is 0.382. The minimum atomic E-state index is 0.382. The van der Waals surface area contributed by atoms with Crippen molar-refractivity contribution in [1.29, 1.82) is 0 Å². The number of rotatable bonds is 4. The summed E-state index contributed by atoms with van der Waals surface area (Å²) in [6.45, 7) is 3.96. The zero-order valence-corrected chi connectivity index (χ0v) is 13.1. The second-order valence-electron chi connectivity index (χ2n) is 6.61. The van der Waals surface area contributed by atoms with E-state index in [-0.39, 0.29) is 0 Å². The first-order chi connectivity index (χ1) is 10.8. The molecule has 1 aliphatic heterocycles. The van der Waals surface area contributed by atoms with Crippen LogP contribution in [0.5, 0.6) is 0 Å². The van der Waals surface area contributed by atoms with E-state index in [0.29, 0.717) is 18.1 Å². The summed E-state index contributed by atoms with van der Waals surface area (Å²) in [6.07, 6.45) is 11.3. The summed E-state index contributed by atoms with van der Waals surface area (Å²) in [5.41, 5.74) is 1.30. The molecule has 0 bridgehead atoms. The van der Waals surface area contributed by atoms with Crippen LogP contribution in [0.3, 0.4) is 0 Å². The molecule has 2 aromatic rings. The largest absolute Gasteiger partial charge is 0.375 e. The molecule has 2 aliphatic rings. The van der Waals surface area contributed by atoms with Gasteiger partial charge in [0.1, 0.15) is 0 Å². The maximum atomic E-state index is 6.16. The fourth-order valence-corrected chi connectivity index (χ4v) is 4.08. The van der Waals surface area contributed by atoms with Gasteiger partial charge in [0, 0.05) is 62.8 Å². The highest BCUT2D eigenvalue weighted by atomic mass is 16.5. The monoisotopic (exact) mass is 300 g/mol. The molecule has 0 spiro atoms. The van der Waals surface area contributed by atoms with Crippen LogP contribution in [0.1, 0.15) is 18.4 Å². The standard InChI is InChI=1S/C17H24N4O/c1-19-11-14(10-18-19)12-21-8-9-22-17-15(4-5-16(17)21)13-20-6-2-3-7-20/h2-3,6-7,10-11,15-17H,4-5,8-9,12-13H2,1H3/t15-,16-,17-/m0/s1. The van der Waals surface area contributed by atoms with Gasteiger partial charge in [-0.3, -0.25) is 9.58 Å². The van der Waals surface area contributed by atoms with Gasteiger partial charge >= 0.3 is 0 Å². The second-order valence-corrected chi connectivity index (χ2v) is 6.61. The summed E-state index contributed by atoms with van der Waals surface area (Å²) in [6, 6.07) is 4.76. The Bertz CT molecular complexity index is 606. The first-order valence-corrected chi connectivity index (χ1v) is 8.23. The molecule has 22 heavy (non-hydrogen) atoms. The number of aromatic nitrogens is 3. The van der Waals surface area contributed by atoms with Crippen molar-refractivity contribution in [1.82, 2.24) is 19.2 Å². The van der Waals surface area contributed by atoms with E-state index in [1.165, 1.54) is 18.4 Å². The third-order valence-electron chi connectivity index (χ3n) is 5.09. The topological polar surface area (TPSA) is 35.2 Å². The van der Waals surface area contributed by atoms with Gasteiger partial charge in [0.25, 0.3) is 0 Å². The fourth-order valence-electron chi connectivity index (χ4n) is 4.08. The smallest absolute Gasteiger partial charge is 0.0776 e. The van der Waals surface area contributed by atoms with Gasteiger partial charge in [0.05, 0.1) is 18.9 Å². The van der Waals surface area contributed by atoms with Crippen LogP contribution in [0.2, 0.25) is 0 Å². The Balaban J connectivity index is 1.44. The van der Waals surface area contributed by atoms with Crippen molar-refractivity contribution in [3.8, 4) is 0 Å². The van der Waals surface area contributed by atoms with E-state index >= 15 is 0 Å². The van der Waals surface area contributed by atoms with Crippen molar-refractivity contribution < 1.29 is 4.74 Å². The quantitative estimate of drug-likeness (QED) is 0.865. The molecule has 5 heteroatoms. The Morgan fingerprint density at radius 1 is 1.27 bits per heavy atom. The van der Waals surface area contributed by atoms with Crippen LogP contribution in [0.15, 0.2) is 36.9 Å². The average Bonchev–Trinajstić information content (AvgIpc) is 3.23. The molecule has 3 atom stereocenters. The number of aryl methyl sites for hydroxylation is 1. The Morgan fingerprint density at radius 3 is 2.91 bits per heavy atom. The lowest BCUT2D eigenvalue weighted by Gasteiger charge is -2.39. The normalized spacial score (nSPS) is 28.9. The minimum Gasteiger partial charge on any atom is -0.375 e. The van der Waals surface area contributed by atoms with Crippen LogP contribution >= 0.6 is 0 Å². The molecule has 3 heterocycles. The lowest BCUT2D eigenvalue weighted by Crippen LogP contribution is -2.50. The average molecular weight is 300 g/mol. The molecule has 2 aromatic heterocycles. The number of ether oxygens (including phenoxy) is 1. The first-order valence-electron chi connectivity index (χ1n) is 8.23. The number of hydrogen-bond donors (Lipinski definition) is 0. The molecule has 118 valence electrons. The molecule has 0 unspecified atom stereocenters. The van der Waals surface area contributed by atoms with Gasteiger partial charge in [-0.1, -0.05) is 0 Å². The van der Waals surface area contributed by atoms with Gasteiger partial charge in [-0.25, -0.2) is 0 Å². The number of fused-ring (bicyclic) bond motifs is 1. The highest BCUT2D eigenvalue weighted by Gasteiger charge is 2.42. The number of nitrogens with zero attached hydrogens (tertiary/aromatic N) is 4. The number of hydrogen-bond acceptors (Lipinski definition) is 3. The molecule has 1 saturated carbocycles. The summed E-state index contributed by atoms with van der Waals surface area (Å²) in [5, 5.41) is 4.29. The SMILES string of the molecule is Cn1cc(CN2CCO[C@H]3[C@H](Cn4cccc4)CC[C@@H]32)cn1. The summed E-state index contributed by atoms with van der Waals surface area (Å²) >= 11 is 0. The van der Waals surface area contributed by atoms with Crippen LogP contribution in [0.4, 0.5) is 0 Å². The number of morpholine rings is 1. The molecule has 0 amide bonds. The predicted octanol–water partition coefficient (Wildman–Crippen LogP) is 1.90.